The van der Waals surface area contributed by atoms with E-state index in [2.05, 4.69) is 9.47 Å². The Kier molecular flexibility index (Phi) is 5.07. The molecule has 0 saturated heterocycles. The highest BCUT2D eigenvalue weighted by molar-refractivity contribution is 5.99. The zero-order chi connectivity index (χ0) is 19.6. The van der Waals surface area contributed by atoms with Crippen LogP contribution in [0.2, 0.25) is 0 Å². The smallest absolute Gasteiger partial charge is 0.450 e. The first kappa shape index (κ1) is 19.1. The number of rotatable bonds is 3. The molecule has 1 aromatic rings. The minimum atomic E-state index is -5.02. The summed E-state index contributed by atoms with van der Waals surface area (Å²) in [5.41, 5.74) is 4.18. The topological polar surface area (TPSA) is 102 Å². The molecule has 9 heteroatoms. The van der Waals surface area contributed by atoms with Gasteiger partial charge in [0.05, 0.1) is 24.2 Å². The fourth-order valence-electron chi connectivity index (χ4n) is 2.69. The molecule has 0 unspecified atom stereocenters. The molecule has 0 fully saturated rings. The van der Waals surface area contributed by atoms with Crippen LogP contribution in [0.4, 0.5) is 13.2 Å². The van der Waals surface area contributed by atoms with Crippen molar-refractivity contribution in [2.75, 3.05) is 7.11 Å². The Morgan fingerprint density at radius 3 is 2.42 bits per heavy atom. The predicted molar refractivity (Wildman–Crippen MR) is 82.2 cm³/mol. The summed E-state index contributed by atoms with van der Waals surface area (Å²) >= 11 is 0. The Labute approximate surface area is 146 Å². The van der Waals surface area contributed by atoms with Crippen molar-refractivity contribution in [3.63, 3.8) is 0 Å². The van der Waals surface area contributed by atoms with Gasteiger partial charge in [-0.05, 0) is 18.6 Å². The molecule has 0 radical (unpaired) electrons. The highest BCUT2D eigenvalue weighted by atomic mass is 19.4. The summed E-state index contributed by atoms with van der Waals surface area (Å²) in [6.07, 6.45) is -5.02. The van der Waals surface area contributed by atoms with Crippen LogP contribution in [0.5, 0.6) is 0 Å². The van der Waals surface area contributed by atoms with Crippen molar-refractivity contribution in [1.29, 1.82) is 5.26 Å². The lowest BCUT2D eigenvalue weighted by atomic mass is 9.79. The van der Waals surface area contributed by atoms with Gasteiger partial charge in [-0.15, -0.1) is 0 Å². The molecule has 1 aromatic carbocycles. The first-order chi connectivity index (χ1) is 12.1. The minimum Gasteiger partial charge on any atom is -0.465 e. The molecular weight excluding hydrogens is 353 g/mol. The van der Waals surface area contributed by atoms with Crippen LogP contribution >= 0.6 is 0 Å². The van der Waals surface area contributed by atoms with Gasteiger partial charge < -0.3 is 15.2 Å². The summed E-state index contributed by atoms with van der Waals surface area (Å²) in [6, 6.07) is 7.22. The Morgan fingerprint density at radius 2 is 1.92 bits per heavy atom. The maximum absolute atomic E-state index is 13.4. The van der Waals surface area contributed by atoms with Crippen LogP contribution in [0.15, 0.2) is 47.1 Å². The summed E-state index contributed by atoms with van der Waals surface area (Å²) in [4.78, 5) is 24.0. The molecule has 26 heavy (non-hydrogen) atoms. The zero-order valence-corrected chi connectivity index (χ0v) is 13.7. The monoisotopic (exact) mass is 366 g/mol. The average Bonchev–Trinajstić information content (AvgIpc) is 2.58. The van der Waals surface area contributed by atoms with Crippen molar-refractivity contribution in [2.24, 2.45) is 5.73 Å². The second-order valence-electron chi connectivity index (χ2n) is 5.30. The van der Waals surface area contributed by atoms with Gasteiger partial charge in [-0.2, -0.15) is 18.4 Å². The van der Waals surface area contributed by atoms with E-state index < -0.39 is 46.6 Å². The molecular formula is C17H13F3N2O4. The number of allylic oxidation sites excluding steroid dienone is 3. The lowest BCUT2D eigenvalue weighted by Crippen LogP contribution is -2.31. The maximum Gasteiger partial charge on any atom is 0.450 e. The predicted octanol–water partition coefficient (Wildman–Crippen LogP) is 2.69. The summed E-state index contributed by atoms with van der Waals surface area (Å²) in [5.74, 6) is -5.71. The Bertz CT molecular complexity index is 879. The number of halogens is 3. The summed E-state index contributed by atoms with van der Waals surface area (Å²) in [7, 11) is 1.10. The molecule has 2 rings (SSSR count). The zero-order valence-electron chi connectivity index (χ0n) is 13.7. The number of methoxy groups -OCH3 is 1. The van der Waals surface area contributed by atoms with Crippen LogP contribution < -0.4 is 5.73 Å². The molecule has 1 aliphatic rings. The molecule has 1 atom stereocenters. The lowest BCUT2D eigenvalue weighted by molar-refractivity contribution is -0.131. The van der Waals surface area contributed by atoms with Crippen LogP contribution in [0, 0.1) is 11.3 Å². The van der Waals surface area contributed by atoms with Gasteiger partial charge in [0.25, 0.3) is 0 Å². The van der Waals surface area contributed by atoms with E-state index in [1.54, 1.807) is 6.07 Å². The fourth-order valence-corrected chi connectivity index (χ4v) is 2.69. The van der Waals surface area contributed by atoms with E-state index in [4.69, 9.17) is 5.73 Å². The van der Waals surface area contributed by atoms with Crippen LogP contribution in [-0.2, 0) is 14.3 Å². The molecule has 0 spiro atoms. The number of nitrogens with zero attached hydrogens (tertiary/aromatic N) is 1. The van der Waals surface area contributed by atoms with Crippen molar-refractivity contribution in [3.05, 3.63) is 58.2 Å². The maximum atomic E-state index is 13.4. The van der Waals surface area contributed by atoms with Gasteiger partial charge in [0.1, 0.15) is 11.6 Å². The van der Waals surface area contributed by atoms with Crippen LogP contribution in [0.25, 0.3) is 0 Å². The number of carbonyl (C=O) groups is 2. The van der Waals surface area contributed by atoms with Crippen molar-refractivity contribution in [3.8, 4) is 6.07 Å². The largest absolute Gasteiger partial charge is 0.465 e. The van der Waals surface area contributed by atoms with Crippen molar-refractivity contribution >= 4 is 11.8 Å². The lowest BCUT2D eigenvalue weighted by Gasteiger charge is -2.29. The molecule has 2 N–H and O–H groups in total. The Morgan fingerprint density at radius 1 is 1.31 bits per heavy atom. The highest BCUT2D eigenvalue weighted by Crippen LogP contribution is 2.45. The molecule has 0 bridgehead atoms. The third kappa shape index (κ3) is 3.26. The number of nitriles is 1. The summed E-state index contributed by atoms with van der Waals surface area (Å²) in [5, 5.41) is 9.37. The molecule has 1 aliphatic heterocycles. The van der Waals surface area contributed by atoms with E-state index in [1.165, 1.54) is 24.3 Å². The number of alkyl halides is 3. The number of benzene rings is 1. The van der Waals surface area contributed by atoms with Crippen LogP contribution in [0.3, 0.4) is 0 Å². The fraction of sp³-hybridized carbons (Fsp3) is 0.235. The number of hydrogen-bond acceptors (Lipinski definition) is 6. The third-order valence-electron chi connectivity index (χ3n) is 3.73. The van der Waals surface area contributed by atoms with Gasteiger partial charge in [-0.1, -0.05) is 18.2 Å². The molecule has 0 saturated carbocycles. The van der Waals surface area contributed by atoms with Gasteiger partial charge in [0.2, 0.25) is 11.6 Å². The van der Waals surface area contributed by atoms with Crippen LogP contribution in [0.1, 0.15) is 28.8 Å². The van der Waals surface area contributed by atoms with Crippen molar-refractivity contribution < 1.29 is 32.2 Å². The van der Waals surface area contributed by atoms with Gasteiger partial charge in [-0.25, -0.2) is 4.79 Å². The normalized spacial score (nSPS) is 17.5. The third-order valence-corrected chi connectivity index (χ3v) is 3.73. The Balaban J connectivity index is 2.87. The second kappa shape index (κ2) is 6.92. The summed E-state index contributed by atoms with van der Waals surface area (Å²) in [6.45, 7) is 0.911. The first-order valence-corrected chi connectivity index (χ1v) is 7.20. The number of Topliss-reactive ketones (excluding diaryl/α,β-unsaturated/α-hetero) is 1. The second-order valence-corrected chi connectivity index (χ2v) is 5.30. The van der Waals surface area contributed by atoms with Crippen molar-refractivity contribution in [1.82, 2.24) is 0 Å². The van der Waals surface area contributed by atoms with E-state index >= 15 is 0 Å². The molecule has 1 heterocycles. The van der Waals surface area contributed by atoms with Crippen molar-refractivity contribution in [2.45, 2.75) is 19.0 Å². The van der Waals surface area contributed by atoms with Gasteiger partial charge >= 0.3 is 12.1 Å². The standard InChI is InChI=1S/C17H13F3N2O4/c1-8(23)12-13(9-5-3-4-6-10(9)16(24)25-2)11(7-21)15(22)26-14(12)17(18,19)20/h3-6,13H,22H2,1-2H3/t13-/m1/s1. The van der Waals surface area contributed by atoms with E-state index in [-0.39, 0.29) is 11.1 Å². The Hall–Kier alpha value is -3.28. The molecule has 6 nitrogen and oxygen atoms in total. The quantitative estimate of drug-likeness (QED) is 0.825. The van der Waals surface area contributed by atoms with Gasteiger partial charge in [-0.3, -0.25) is 4.79 Å². The summed E-state index contributed by atoms with van der Waals surface area (Å²) < 4.78 is 49.3. The number of hydrogen-bond donors (Lipinski definition) is 1. The average molecular weight is 366 g/mol. The van der Waals surface area contributed by atoms with E-state index in [0.29, 0.717) is 0 Å². The number of ketones is 1. The molecule has 136 valence electrons. The SMILES string of the molecule is COC(=O)c1ccccc1[C@@H]1C(C#N)=C(N)OC(C(F)(F)F)=C1C(C)=O. The van der Waals surface area contributed by atoms with E-state index in [1.807, 2.05) is 0 Å². The number of carbonyl (C=O) groups excluding carboxylic acids is 2. The first-order valence-electron chi connectivity index (χ1n) is 7.20. The number of ether oxygens (including phenoxy) is 2. The van der Waals surface area contributed by atoms with E-state index in [0.717, 1.165) is 14.0 Å². The van der Waals surface area contributed by atoms with Gasteiger partial charge in [0.15, 0.2) is 5.78 Å². The molecule has 0 amide bonds. The number of nitrogens with two attached hydrogens (primary N) is 1. The number of esters is 1. The van der Waals surface area contributed by atoms with E-state index in [9.17, 15) is 28.0 Å². The molecule has 0 aromatic heterocycles. The van der Waals surface area contributed by atoms with Crippen LogP contribution in [-0.4, -0.2) is 25.0 Å². The highest BCUT2D eigenvalue weighted by Gasteiger charge is 2.47. The van der Waals surface area contributed by atoms with Gasteiger partial charge in [0, 0.05) is 0 Å². The minimum absolute atomic E-state index is 0.0194. The molecule has 0 aliphatic carbocycles.